The molecule has 5 atom stereocenters. The molecule has 1 spiro atoms. The first-order valence-corrected chi connectivity index (χ1v) is 7.60. The molecule has 0 aromatic heterocycles. The molecule has 0 amide bonds. The summed E-state index contributed by atoms with van der Waals surface area (Å²) >= 11 is 0. The highest BCUT2D eigenvalue weighted by Crippen LogP contribution is 2.79. The summed E-state index contributed by atoms with van der Waals surface area (Å²) in [5.41, 5.74) is 5.81. The zero-order chi connectivity index (χ0) is 16.5. The van der Waals surface area contributed by atoms with Crippen LogP contribution in [0.1, 0.15) is 24.0 Å². The lowest BCUT2D eigenvalue weighted by Gasteiger charge is -2.24. The van der Waals surface area contributed by atoms with Gasteiger partial charge in [0.2, 0.25) is 0 Å². The van der Waals surface area contributed by atoms with Gasteiger partial charge in [-0.3, -0.25) is 5.73 Å². The van der Waals surface area contributed by atoms with Crippen molar-refractivity contribution < 1.29 is 14.5 Å². The Hall–Kier alpha value is -2.41. The van der Waals surface area contributed by atoms with E-state index in [1.54, 1.807) is 0 Å². The summed E-state index contributed by atoms with van der Waals surface area (Å²) in [4.78, 5) is 2.97. The third-order valence-electron chi connectivity index (χ3n) is 5.39. The number of aryl methyl sites for hydroxylation is 1. The highest BCUT2D eigenvalue weighted by Gasteiger charge is 2.97. The van der Waals surface area contributed by atoms with Gasteiger partial charge >= 0.3 is 5.91 Å². The number of hydrogen-bond acceptors (Lipinski definition) is 5. The summed E-state index contributed by atoms with van der Waals surface area (Å²) in [6.07, 6.45) is -0.173. The number of ether oxygens (including phenoxy) is 2. The summed E-state index contributed by atoms with van der Waals surface area (Å²) in [5.74, 6) is -1.48. The zero-order valence-corrected chi connectivity index (χ0v) is 13.0. The van der Waals surface area contributed by atoms with Crippen molar-refractivity contribution in [2.24, 2.45) is 16.6 Å². The number of rotatable bonds is 1. The molecule has 1 saturated heterocycles. The van der Waals surface area contributed by atoms with Crippen molar-refractivity contribution in [1.82, 2.24) is 0 Å². The summed E-state index contributed by atoms with van der Waals surface area (Å²) in [6.45, 7) is 4.19. The fourth-order valence-electron chi connectivity index (χ4n) is 4.34. The molecule has 1 aromatic carbocycles. The van der Waals surface area contributed by atoms with Gasteiger partial charge in [-0.15, -0.1) is 0 Å². The molecule has 4 rings (SSSR count). The van der Waals surface area contributed by atoms with Crippen molar-refractivity contribution in [1.29, 1.82) is 10.5 Å². The molecule has 6 nitrogen and oxygen atoms in total. The second-order valence-electron chi connectivity index (χ2n) is 6.52. The van der Waals surface area contributed by atoms with Crippen LogP contribution in [0.4, 0.5) is 0 Å². The monoisotopic (exact) mass is 309 g/mol. The van der Waals surface area contributed by atoms with E-state index in [1.165, 1.54) is 0 Å². The normalized spacial score (nSPS) is 43.6. The Kier molecular flexibility index (Phi) is 2.54. The Morgan fingerprint density at radius 3 is 2.61 bits per heavy atom. The van der Waals surface area contributed by atoms with Crippen molar-refractivity contribution in [2.45, 2.75) is 31.8 Å². The molecule has 3 aliphatic rings. The smallest absolute Gasteiger partial charge is 0.311 e. The molecule has 0 bridgehead atoms. The van der Waals surface area contributed by atoms with Gasteiger partial charge in [-0.2, -0.15) is 10.5 Å². The molecular weight excluding hydrogens is 292 g/mol. The van der Waals surface area contributed by atoms with Crippen LogP contribution in [0.25, 0.3) is 0 Å². The Labute approximate surface area is 134 Å². The average Bonchev–Trinajstić information content (AvgIpc) is 2.91. The maximum absolute atomic E-state index is 10.0. The molecule has 1 aliphatic carbocycles. The molecular formula is C17H17N4O2+. The molecule has 1 saturated carbocycles. The van der Waals surface area contributed by atoms with E-state index in [0.717, 1.165) is 11.1 Å². The van der Waals surface area contributed by atoms with Crippen molar-refractivity contribution in [2.75, 3.05) is 6.61 Å². The second kappa shape index (κ2) is 4.11. The fraction of sp³-hybridized carbons (Fsp3) is 0.471. The van der Waals surface area contributed by atoms with Gasteiger partial charge in [0, 0.05) is 5.92 Å². The van der Waals surface area contributed by atoms with E-state index in [9.17, 15) is 10.5 Å². The van der Waals surface area contributed by atoms with Crippen LogP contribution in [-0.2, 0) is 9.47 Å². The molecule has 2 heterocycles. The van der Waals surface area contributed by atoms with E-state index in [0.29, 0.717) is 6.61 Å². The maximum atomic E-state index is 10.0. The van der Waals surface area contributed by atoms with Crippen LogP contribution in [0.3, 0.4) is 0 Å². The minimum atomic E-state index is -1.35. The Bertz CT molecular complexity index is 823. The number of amidine groups is 1. The number of nitrogens with two attached hydrogens (primary N) is 1. The first-order chi connectivity index (χ1) is 11.0. The highest BCUT2D eigenvalue weighted by atomic mass is 16.8. The van der Waals surface area contributed by atoms with E-state index in [1.807, 2.05) is 38.1 Å². The molecule has 6 heteroatoms. The van der Waals surface area contributed by atoms with Crippen LogP contribution < -0.4 is 10.7 Å². The molecule has 1 aromatic rings. The minimum absolute atomic E-state index is 0.173. The van der Waals surface area contributed by atoms with E-state index in [-0.39, 0.29) is 17.9 Å². The van der Waals surface area contributed by atoms with E-state index < -0.39 is 16.7 Å². The fourth-order valence-corrected chi connectivity index (χ4v) is 4.34. The largest absolute Gasteiger partial charge is 0.343 e. The molecule has 2 aliphatic heterocycles. The predicted molar refractivity (Wildman–Crippen MR) is 79.4 cm³/mol. The zero-order valence-electron chi connectivity index (χ0n) is 13.0. The second-order valence-corrected chi connectivity index (χ2v) is 6.52. The maximum Gasteiger partial charge on any atom is 0.343 e. The van der Waals surface area contributed by atoms with Gasteiger partial charge in [0.05, 0.1) is 24.8 Å². The summed E-state index contributed by atoms with van der Waals surface area (Å²) in [6, 6.07) is 12.4. The van der Waals surface area contributed by atoms with Crippen molar-refractivity contribution in [3.05, 3.63) is 35.4 Å². The lowest BCUT2D eigenvalue weighted by molar-refractivity contribution is -0.677. The van der Waals surface area contributed by atoms with E-state index in [4.69, 9.17) is 15.2 Å². The van der Waals surface area contributed by atoms with Crippen LogP contribution >= 0.6 is 0 Å². The van der Waals surface area contributed by atoms with Crippen LogP contribution in [0.5, 0.6) is 0 Å². The van der Waals surface area contributed by atoms with Gasteiger partial charge in [0.1, 0.15) is 0 Å². The number of nitrogens with one attached hydrogen (secondary N) is 1. The minimum Gasteiger partial charge on any atom is -0.311 e. The first-order valence-electron chi connectivity index (χ1n) is 7.60. The molecule has 0 unspecified atom stereocenters. The van der Waals surface area contributed by atoms with Crippen LogP contribution in [0.2, 0.25) is 0 Å². The Balaban J connectivity index is 1.95. The van der Waals surface area contributed by atoms with Crippen LogP contribution in [0, 0.1) is 40.4 Å². The number of benzene rings is 1. The van der Waals surface area contributed by atoms with Gasteiger partial charge in [-0.1, -0.05) is 24.3 Å². The van der Waals surface area contributed by atoms with Crippen LogP contribution in [0.15, 0.2) is 24.3 Å². The molecule has 0 radical (unpaired) electrons. The summed E-state index contributed by atoms with van der Waals surface area (Å²) in [7, 11) is 0. The first kappa shape index (κ1) is 14.2. The lowest BCUT2D eigenvalue weighted by atomic mass is 9.93. The van der Waals surface area contributed by atoms with Crippen molar-refractivity contribution >= 4 is 5.84 Å². The van der Waals surface area contributed by atoms with Gasteiger partial charge in [0.25, 0.3) is 5.84 Å². The van der Waals surface area contributed by atoms with E-state index >= 15 is 0 Å². The molecule has 3 N–H and O–H groups in total. The number of nitrogens with zero attached hydrogens (tertiary/aromatic N) is 2. The summed E-state index contributed by atoms with van der Waals surface area (Å²) < 4.78 is 11.8. The quantitative estimate of drug-likeness (QED) is 0.738. The average molecular weight is 309 g/mol. The third kappa shape index (κ3) is 1.29. The van der Waals surface area contributed by atoms with Gasteiger partial charge in [0.15, 0.2) is 10.8 Å². The third-order valence-corrected chi connectivity index (χ3v) is 5.39. The SMILES string of the molecule is Cc1ccccc1[C@H]1[C@@]2(C#N)[C@@]3([NH+]=C(N)[C@@]12C#N)OC[C@H](C)O3. The van der Waals surface area contributed by atoms with Gasteiger partial charge in [-0.05, 0) is 25.0 Å². The molecule has 23 heavy (non-hydrogen) atoms. The number of hydrogen-bond donors (Lipinski definition) is 2. The summed E-state index contributed by atoms with van der Waals surface area (Å²) in [5, 5.41) is 20.0. The van der Waals surface area contributed by atoms with E-state index in [2.05, 4.69) is 17.1 Å². The van der Waals surface area contributed by atoms with Crippen molar-refractivity contribution in [3.63, 3.8) is 0 Å². The van der Waals surface area contributed by atoms with Gasteiger partial charge in [-0.25, -0.2) is 4.99 Å². The Morgan fingerprint density at radius 1 is 1.30 bits per heavy atom. The van der Waals surface area contributed by atoms with Gasteiger partial charge < -0.3 is 9.47 Å². The standard InChI is InChI=1S/C17H16N4O2/c1-10-5-3-4-6-12(10)13-15(8-18)14(20)21-17(16(13,15)9-19)22-7-11(2)23-17/h3-6,11,13H,7H2,1-2H3,(H2,20,21)/p+1/t11-,13+,15+,16+,17+/m0/s1. The number of nitriles is 2. The molecule has 2 fully saturated rings. The Morgan fingerprint density at radius 2 is 2.04 bits per heavy atom. The van der Waals surface area contributed by atoms with Crippen LogP contribution in [-0.4, -0.2) is 24.5 Å². The highest BCUT2D eigenvalue weighted by molar-refractivity contribution is 5.95. The predicted octanol–water partition coefficient (Wildman–Crippen LogP) is -0.347. The lowest BCUT2D eigenvalue weighted by Crippen LogP contribution is -2.90. The topological polar surface area (TPSA) is 106 Å². The van der Waals surface area contributed by atoms with Crippen molar-refractivity contribution in [3.8, 4) is 12.1 Å². The number of fused-ring (bicyclic) bond motifs is 2. The molecule has 116 valence electrons.